The maximum atomic E-state index is 13.4. The number of hydrogen-bond donors (Lipinski definition) is 3. The van der Waals surface area contributed by atoms with Crippen LogP contribution < -0.4 is 4.90 Å². The molecule has 3 atom stereocenters. The van der Waals surface area contributed by atoms with Gasteiger partial charge < -0.3 is 25.1 Å². The third-order valence-electron chi connectivity index (χ3n) is 7.22. The standard InChI is InChI=1S/C31H29FN2O3S/c1-33-27(17-18-28(36)22-7-11-23(32)12-8-22)30(26-16-15-25(35)19-29(26)37)34(31(33)38)24-13-9-21(10-14-24)20-5-3-2-4-6-20/h2-16,19,27-28,30,35-37H,17-18H2,1H3. The quantitative estimate of drug-likeness (QED) is 0.236. The SMILES string of the molecule is CN1C(=S)N(c2ccc(-c3ccccc3)cc2)C(c2ccc(O)cc2O)C1CCC(O)c1ccc(F)cc1. The highest BCUT2D eigenvalue weighted by molar-refractivity contribution is 7.80. The summed E-state index contributed by atoms with van der Waals surface area (Å²) < 4.78 is 13.4. The Labute approximate surface area is 227 Å². The van der Waals surface area contributed by atoms with E-state index in [1.807, 2.05) is 59.3 Å². The van der Waals surface area contributed by atoms with Gasteiger partial charge in [-0.3, -0.25) is 0 Å². The monoisotopic (exact) mass is 528 g/mol. The molecule has 0 spiro atoms. The molecule has 3 N–H and O–H groups in total. The van der Waals surface area contributed by atoms with Crippen LogP contribution in [0.5, 0.6) is 11.5 Å². The van der Waals surface area contributed by atoms with Crippen molar-refractivity contribution in [1.29, 1.82) is 0 Å². The molecule has 0 bridgehead atoms. The van der Waals surface area contributed by atoms with Gasteiger partial charge in [0.1, 0.15) is 17.3 Å². The van der Waals surface area contributed by atoms with E-state index in [0.29, 0.717) is 29.1 Å². The molecule has 1 saturated heterocycles. The largest absolute Gasteiger partial charge is 0.508 e. The highest BCUT2D eigenvalue weighted by Gasteiger charge is 2.44. The second-order valence-corrected chi connectivity index (χ2v) is 9.94. The van der Waals surface area contributed by atoms with E-state index >= 15 is 0 Å². The second-order valence-electron chi connectivity index (χ2n) is 9.58. The predicted molar refractivity (Wildman–Crippen MR) is 152 cm³/mol. The normalized spacial score (nSPS) is 18.1. The number of aromatic hydroxyl groups is 2. The molecule has 0 aromatic heterocycles. The first kappa shape index (κ1) is 25.7. The molecule has 7 heteroatoms. The number of benzene rings is 4. The van der Waals surface area contributed by atoms with Gasteiger partial charge in [0.05, 0.1) is 18.2 Å². The van der Waals surface area contributed by atoms with E-state index < -0.39 is 6.10 Å². The number of hydrogen-bond acceptors (Lipinski definition) is 4. The number of aliphatic hydroxyl groups is 1. The van der Waals surface area contributed by atoms with Crippen LogP contribution in [0.3, 0.4) is 0 Å². The fourth-order valence-corrected chi connectivity index (χ4v) is 5.55. The maximum Gasteiger partial charge on any atom is 0.176 e. The molecule has 1 fully saturated rings. The van der Waals surface area contributed by atoms with Gasteiger partial charge in [0.2, 0.25) is 0 Å². The summed E-state index contributed by atoms with van der Waals surface area (Å²) in [7, 11) is 1.92. The van der Waals surface area contributed by atoms with Gasteiger partial charge in [-0.15, -0.1) is 0 Å². The predicted octanol–water partition coefficient (Wildman–Crippen LogP) is 6.56. The van der Waals surface area contributed by atoms with Crippen LogP contribution in [0.2, 0.25) is 0 Å². The number of thiocarbonyl (C=S) groups is 1. The van der Waals surface area contributed by atoms with E-state index in [0.717, 1.165) is 16.8 Å². The first-order valence-corrected chi connectivity index (χ1v) is 12.9. The van der Waals surface area contributed by atoms with Crippen LogP contribution in [-0.4, -0.2) is 38.4 Å². The summed E-state index contributed by atoms with van der Waals surface area (Å²) in [6.07, 6.45) is 0.198. The number of halogens is 1. The summed E-state index contributed by atoms with van der Waals surface area (Å²) in [5.41, 5.74) is 4.34. The van der Waals surface area contributed by atoms with Crippen molar-refractivity contribution in [2.45, 2.75) is 31.0 Å². The Kier molecular flexibility index (Phi) is 7.31. The zero-order chi connectivity index (χ0) is 26.8. The Bertz CT molecular complexity index is 1410. The van der Waals surface area contributed by atoms with Gasteiger partial charge in [-0.25, -0.2) is 4.39 Å². The van der Waals surface area contributed by atoms with Crippen molar-refractivity contribution >= 4 is 23.0 Å². The Hall–Kier alpha value is -3.94. The molecule has 0 amide bonds. The number of rotatable bonds is 7. The van der Waals surface area contributed by atoms with Gasteiger partial charge in [0.25, 0.3) is 0 Å². The van der Waals surface area contributed by atoms with Crippen LogP contribution in [0.25, 0.3) is 11.1 Å². The Morgan fingerprint density at radius 1 is 0.868 bits per heavy atom. The zero-order valence-corrected chi connectivity index (χ0v) is 21.7. The van der Waals surface area contributed by atoms with Crippen molar-refractivity contribution < 1.29 is 19.7 Å². The van der Waals surface area contributed by atoms with Gasteiger partial charge in [0, 0.05) is 24.4 Å². The van der Waals surface area contributed by atoms with E-state index in [1.165, 1.54) is 18.2 Å². The third kappa shape index (κ3) is 5.08. The van der Waals surface area contributed by atoms with Gasteiger partial charge in [-0.2, -0.15) is 0 Å². The van der Waals surface area contributed by atoms with Crippen LogP contribution in [0.15, 0.2) is 97.1 Å². The lowest BCUT2D eigenvalue weighted by Crippen LogP contribution is -2.31. The number of phenols is 2. The fraction of sp³-hybridized carbons (Fsp3) is 0.194. The molecule has 38 heavy (non-hydrogen) atoms. The molecule has 1 aliphatic heterocycles. The summed E-state index contributed by atoms with van der Waals surface area (Å²) >= 11 is 5.90. The Morgan fingerprint density at radius 2 is 1.53 bits per heavy atom. The van der Waals surface area contributed by atoms with Crippen molar-refractivity contribution in [3.8, 4) is 22.6 Å². The molecule has 5 nitrogen and oxygen atoms in total. The van der Waals surface area contributed by atoms with Crippen LogP contribution >= 0.6 is 12.2 Å². The van der Waals surface area contributed by atoms with E-state index in [2.05, 4.69) is 12.1 Å². The molecule has 0 aliphatic carbocycles. The smallest absolute Gasteiger partial charge is 0.176 e. The average molecular weight is 529 g/mol. The van der Waals surface area contributed by atoms with Crippen LogP contribution in [-0.2, 0) is 0 Å². The second kappa shape index (κ2) is 10.8. The molecular formula is C31H29FN2O3S. The van der Waals surface area contributed by atoms with Crippen molar-refractivity contribution in [1.82, 2.24) is 4.90 Å². The molecular weight excluding hydrogens is 499 g/mol. The van der Waals surface area contributed by atoms with E-state index in [9.17, 15) is 19.7 Å². The molecule has 0 radical (unpaired) electrons. The summed E-state index contributed by atoms with van der Waals surface area (Å²) in [6.45, 7) is 0. The first-order valence-electron chi connectivity index (χ1n) is 12.5. The van der Waals surface area contributed by atoms with Gasteiger partial charge in [-0.05, 0) is 78.1 Å². The molecule has 1 aliphatic rings. The highest BCUT2D eigenvalue weighted by atomic mass is 32.1. The molecule has 3 unspecified atom stereocenters. The minimum absolute atomic E-state index is 0.0249. The van der Waals surface area contributed by atoms with Crippen molar-refractivity contribution in [2.24, 2.45) is 0 Å². The summed E-state index contributed by atoms with van der Waals surface area (Å²) in [5.74, 6) is -0.399. The Morgan fingerprint density at radius 3 is 2.18 bits per heavy atom. The number of likely N-dealkylation sites (N-methyl/N-ethyl adjacent to an activating group) is 1. The average Bonchev–Trinajstić information content (AvgIpc) is 3.17. The van der Waals surface area contributed by atoms with E-state index in [1.54, 1.807) is 24.3 Å². The van der Waals surface area contributed by atoms with Gasteiger partial charge in [0.15, 0.2) is 5.11 Å². The number of phenolic OH excluding ortho intramolecular Hbond substituents is 2. The molecule has 1 heterocycles. The zero-order valence-electron chi connectivity index (χ0n) is 20.9. The van der Waals surface area contributed by atoms with Crippen LogP contribution in [0, 0.1) is 5.82 Å². The minimum atomic E-state index is -0.772. The van der Waals surface area contributed by atoms with Crippen molar-refractivity contribution in [3.63, 3.8) is 0 Å². The first-order chi connectivity index (χ1) is 18.3. The van der Waals surface area contributed by atoms with E-state index in [4.69, 9.17) is 12.2 Å². The summed E-state index contributed by atoms with van der Waals surface area (Å²) in [6, 6.07) is 28.2. The number of anilines is 1. The number of aliphatic hydroxyl groups excluding tert-OH is 1. The minimum Gasteiger partial charge on any atom is -0.508 e. The van der Waals surface area contributed by atoms with Crippen LogP contribution in [0.1, 0.15) is 36.1 Å². The fourth-order valence-electron chi connectivity index (χ4n) is 5.19. The van der Waals surface area contributed by atoms with Crippen molar-refractivity contribution in [3.05, 3.63) is 114 Å². The summed E-state index contributed by atoms with van der Waals surface area (Å²) in [5, 5.41) is 32.2. The lowest BCUT2D eigenvalue weighted by molar-refractivity contribution is 0.152. The molecule has 5 rings (SSSR count). The Balaban J connectivity index is 1.48. The highest BCUT2D eigenvalue weighted by Crippen LogP contribution is 2.44. The van der Waals surface area contributed by atoms with Crippen LogP contribution in [0.4, 0.5) is 10.1 Å². The lowest BCUT2D eigenvalue weighted by atomic mass is 9.92. The molecule has 0 saturated carbocycles. The molecule has 194 valence electrons. The van der Waals surface area contributed by atoms with Gasteiger partial charge >= 0.3 is 0 Å². The number of nitrogens with zero attached hydrogens (tertiary/aromatic N) is 2. The maximum absolute atomic E-state index is 13.4. The van der Waals surface area contributed by atoms with E-state index in [-0.39, 0.29) is 29.4 Å². The van der Waals surface area contributed by atoms with Crippen molar-refractivity contribution in [2.75, 3.05) is 11.9 Å². The molecule has 4 aromatic carbocycles. The lowest BCUT2D eigenvalue weighted by Gasteiger charge is -2.29. The third-order valence-corrected chi connectivity index (χ3v) is 7.71. The summed E-state index contributed by atoms with van der Waals surface area (Å²) in [4.78, 5) is 4.01. The topological polar surface area (TPSA) is 67.2 Å². The molecule has 4 aromatic rings. The van der Waals surface area contributed by atoms with Gasteiger partial charge in [-0.1, -0.05) is 54.6 Å².